The standard InChI is InChI=1S/C25H26FN3O4/c1-15-14-17(8-9-20(15)30)24(32)16-10-12-29(13-11-16)22(31)7-3-6-21-27-23-18(25(33)28-21)4-2-5-19(23)26/h2,4-5,8-9,14,16,30H,3,6-7,10-13H2,1H3,(H,27,28,33). The summed E-state index contributed by atoms with van der Waals surface area (Å²) in [6.07, 6.45) is 2.33. The largest absolute Gasteiger partial charge is 0.508 e. The van der Waals surface area contributed by atoms with Gasteiger partial charge in [-0.25, -0.2) is 9.37 Å². The topological polar surface area (TPSA) is 103 Å². The summed E-state index contributed by atoms with van der Waals surface area (Å²) >= 11 is 0. The highest BCUT2D eigenvalue weighted by Gasteiger charge is 2.28. The number of nitrogens with one attached hydrogen (secondary N) is 1. The fourth-order valence-corrected chi connectivity index (χ4v) is 4.29. The molecule has 0 unspecified atom stereocenters. The van der Waals surface area contributed by atoms with E-state index in [0.29, 0.717) is 55.7 Å². The number of carbonyl (C=O) groups excluding carboxylic acids is 2. The van der Waals surface area contributed by atoms with Gasteiger partial charge in [-0.3, -0.25) is 14.4 Å². The molecule has 0 spiro atoms. The van der Waals surface area contributed by atoms with Crippen LogP contribution in [0.25, 0.3) is 10.9 Å². The molecule has 0 bridgehead atoms. The molecule has 0 saturated carbocycles. The summed E-state index contributed by atoms with van der Waals surface area (Å²) in [7, 11) is 0. The minimum Gasteiger partial charge on any atom is -0.508 e. The van der Waals surface area contributed by atoms with E-state index in [-0.39, 0.29) is 40.7 Å². The number of phenols is 1. The van der Waals surface area contributed by atoms with Gasteiger partial charge in [0.25, 0.3) is 5.56 Å². The maximum atomic E-state index is 14.0. The fourth-order valence-electron chi connectivity index (χ4n) is 4.29. The smallest absolute Gasteiger partial charge is 0.258 e. The lowest BCUT2D eigenvalue weighted by atomic mass is 9.88. The van der Waals surface area contributed by atoms with Gasteiger partial charge in [0, 0.05) is 37.4 Å². The average molecular weight is 451 g/mol. The zero-order chi connectivity index (χ0) is 23.5. The van der Waals surface area contributed by atoms with Gasteiger partial charge in [-0.2, -0.15) is 0 Å². The second-order valence-electron chi connectivity index (χ2n) is 8.52. The van der Waals surface area contributed by atoms with Crippen LogP contribution in [0.15, 0.2) is 41.2 Å². The molecule has 2 N–H and O–H groups in total. The molecule has 1 aliphatic heterocycles. The normalized spacial score (nSPS) is 14.5. The van der Waals surface area contributed by atoms with Crippen molar-refractivity contribution in [2.24, 2.45) is 5.92 Å². The minimum absolute atomic E-state index is 0.00399. The summed E-state index contributed by atoms with van der Waals surface area (Å²) in [4.78, 5) is 46.2. The molecule has 0 aliphatic carbocycles. The summed E-state index contributed by atoms with van der Waals surface area (Å²) in [5.74, 6) is -0.117. The number of aryl methyl sites for hydroxylation is 2. The molecule has 4 rings (SSSR count). The predicted molar refractivity (Wildman–Crippen MR) is 122 cm³/mol. The molecule has 2 heterocycles. The Bertz CT molecular complexity index is 1260. The molecule has 1 saturated heterocycles. The molecule has 2 aromatic carbocycles. The first-order chi connectivity index (χ1) is 15.8. The molecule has 33 heavy (non-hydrogen) atoms. The number of Topliss-reactive ketones (excluding diaryl/α,β-unsaturated/α-hetero) is 1. The van der Waals surface area contributed by atoms with Gasteiger partial charge in [0.1, 0.15) is 22.9 Å². The van der Waals surface area contributed by atoms with Gasteiger partial charge in [0.05, 0.1) is 5.39 Å². The zero-order valence-electron chi connectivity index (χ0n) is 18.4. The van der Waals surface area contributed by atoms with Crippen molar-refractivity contribution in [1.29, 1.82) is 0 Å². The molecule has 8 heteroatoms. The van der Waals surface area contributed by atoms with E-state index in [1.165, 1.54) is 24.3 Å². The number of aromatic hydroxyl groups is 1. The average Bonchev–Trinajstić information content (AvgIpc) is 2.81. The molecule has 1 amide bonds. The Kier molecular flexibility index (Phi) is 6.53. The van der Waals surface area contributed by atoms with Crippen molar-refractivity contribution >= 4 is 22.6 Å². The molecule has 1 fully saturated rings. The molecule has 1 aliphatic rings. The van der Waals surface area contributed by atoms with E-state index in [9.17, 15) is 23.9 Å². The lowest BCUT2D eigenvalue weighted by Crippen LogP contribution is -2.40. The van der Waals surface area contributed by atoms with Crippen molar-refractivity contribution in [3.63, 3.8) is 0 Å². The number of likely N-dealkylation sites (tertiary alicyclic amines) is 1. The number of hydrogen-bond donors (Lipinski definition) is 2. The number of aromatic amines is 1. The number of para-hydroxylation sites is 1. The molecular weight excluding hydrogens is 425 g/mol. The van der Waals surface area contributed by atoms with E-state index in [4.69, 9.17) is 0 Å². The van der Waals surface area contributed by atoms with Crippen LogP contribution in [0.3, 0.4) is 0 Å². The Morgan fingerprint density at radius 2 is 1.97 bits per heavy atom. The number of aromatic nitrogens is 2. The number of fused-ring (bicyclic) bond motifs is 1. The number of benzene rings is 2. The Morgan fingerprint density at radius 3 is 2.70 bits per heavy atom. The van der Waals surface area contributed by atoms with Gasteiger partial charge in [-0.1, -0.05) is 6.07 Å². The van der Waals surface area contributed by atoms with Gasteiger partial charge < -0.3 is 15.0 Å². The van der Waals surface area contributed by atoms with Gasteiger partial charge in [-0.15, -0.1) is 0 Å². The van der Waals surface area contributed by atoms with E-state index in [0.717, 1.165) is 0 Å². The Labute approximate surface area is 190 Å². The van der Waals surface area contributed by atoms with Crippen molar-refractivity contribution in [3.05, 3.63) is 69.5 Å². The van der Waals surface area contributed by atoms with E-state index in [1.54, 1.807) is 24.0 Å². The Hall–Kier alpha value is -3.55. The number of piperidine rings is 1. The third-order valence-electron chi connectivity index (χ3n) is 6.24. The van der Waals surface area contributed by atoms with Gasteiger partial charge in [0.15, 0.2) is 5.78 Å². The molecule has 0 radical (unpaired) electrons. The van der Waals surface area contributed by atoms with Gasteiger partial charge in [0.2, 0.25) is 5.91 Å². The summed E-state index contributed by atoms with van der Waals surface area (Å²) in [5, 5.41) is 9.86. The van der Waals surface area contributed by atoms with Crippen molar-refractivity contribution in [3.8, 4) is 5.75 Å². The Balaban J connectivity index is 1.29. The molecule has 3 aromatic rings. The highest BCUT2D eigenvalue weighted by molar-refractivity contribution is 5.98. The van der Waals surface area contributed by atoms with Crippen LogP contribution in [-0.4, -0.2) is 44.8 Å². The Morgan fingerprint density at radius 1 is 1.21 bits per heavy atom. The minimum atomic E-state index is -0.546. The van der Waals surface area contributed by atoms with E-state index in [1.807, 2.05) is 0 Å². The summed E-state index contributed by atoms with van der Waals surface area (Å²) in [5.41, 5.74) is 0.899. The molecule has 172 valence electrons. The molecule has 7 nitrogen and oxygen atoms in total. The van der Waals surface area contributed by atoms with Crippen LogP contribution >= 0.6 is 0 Å². The van der Waals surface area contributed by atoms with Gasteiger partial charge >= 0.3 is 0 Å². The number of rotatable bonds is 6. The van der Waals surface area contributed by atoms with E-state index >= 15 is 0 Å². The summed E-state index contributed by atoms with van der Waals surface area (Å²) in [6, 6.07) is 9.13. The van der Waals surface area contributed by atoms with Crippen LogP contribution in [0.1, 0.15) is 47.4 Å². The number of phenolic OH excluding ortho intramolecular Hbond substituents is 1. The number of hydrogen-bond acceptors (Lipinski definition) is 5. The summed E-state index contributed by atoms with van der Waals surface area (Å²) in [6.45, 7) is 2.79. The van der Waals surface area contributed by atoms with Crippen molar-refractivity contribution < 1.29 is 19.1 Å². The second-order valence-corrected chi connectivity index (χ2v) is 8.52. The van der Waals surface area contributed by atoms with Crippen LogP contribution in [0.2, 0.25) is 0 Å². The van der Waals surface area contributed by atoms with Gasteiger partial charge in [-0.05, 0) is 62.1 Å². The quantitative estimate of drug-likeness (QED) is 0.558. The van der Waals surface area contributed by atoms with Crippen molar-refractivity contribution in [2.45, 2.75) is 39.0 Å². The number of nitrogens with zero attached hydrogens (tertiary/aromatic N) is 2. The number of ketones is 1. The predicted octanol–water partition coefficient (Wildman–Crippen LogP) is 3.52. The SMILES string of the molecule is Cc1cc(C(=O)C2CCN(C(=O)CCCc3nc4c(F)cccc4c(=O)[nH]3)CC2)ccc1O. The third kappa shape index (κ3) is 4.94. The number of H-pyrrole nitrogens is 1. The number of amides is 1. The lowest BCUT2D eigenvalue weighted by Gasteiger charge is -2.31. The molecular formula is C25H26FN3O4. The lowest BCUT2D eigenvalue weighted by molar-refractivity contribution is -0.132. The second kappa shape index (κ2) is 9.52. The molecule has 1 aromatic heterocycles. The zero-order valence-corrected chi connectivity index (χ0v) is 18.4. The first-order valence-electron chi connectivity index (χ1n) is 11.1. The van der Waals surface area contributed by atoms with Crippen molar-refractivity contribution in [2.75, 3.05) is 13.1 Å². The monoisotopic (exact) mass is 451 g/mol. The summed E-state index contributed by atoms with van der Waals surface area (Å²) < 4.78 is 14.0. The molecule has 0 atom stereocenters. The van der Waals surface area contributed by atoms with Crippen LogP contribution in [0.4, 0.5) is 4.39 Å². The first kappa shape index (κ1) is 22.6. The van der Waals surface area contributed by atoms with E-state index < -0.39 is 11.4 Å². The van der Waals surface area contributed by atoms with Crippen LogP contribution < -0.4 is 5.56 Å². The van der Waals surface area contributed by atoms with Crippen LogP contribution in [0.5, 0.6) is 5.75 Å². The number of carbonyl (C=O) groups is 2. The number of halogens is 1. The maximum absolute atomic E-state index is 14.0. The highest BCUT2D eigenvalue weighted by Crippen LogP contribution is 2.25. The maximum Gasteiger partial charge on any atom is 0.258 e. The first-order valence-corrected chi connectivity index (χ1v) is 11.1. The highest BCUT2D eigenvalue weighted by atomic mass is 19.1. The van der Waals surface area contributed by atoms with Crippen LogP contribution in [0, 0.1) is 18.7 Å². The van der Waals surface area contributed by atoms with Crippen LogP contribution in [-0.2, 0) is 11.2 Å². The third-order valence-corrected chi connectivity index (χ3v) is 6.24. The fraction of sp³-hybridized carbons (Fsp3) is 0.360. The van der Waals surface area contributed by atoms with E-state index in [2.05, 4.69) is 9.97 Å². The van der Waals surface area contributed by atoms with Crippen molar-refractivity contribution in [1.82, 2.24) is 14.9 Å².